The molecule has 0 aliphatic carbocycles. The highest BCUT2D eigenvalue weighted by Crippen LogP contribution is 2.25. The molecule has 0 bridgehead atoms. The summed E-state index contributed by atoms with van der Waals surface area (Å²) in [5.41, 5.74) is 1.53. The molecule has 7 nitrogen and oxygen atoms in total. The molecule has 1 aliphatic rings. The summed E-state index contributed by atoms with van der Waals surface area (Å²) in [7, 11) is 0. The first-order valence-corrected chi connectivity index (χ1v) is 10.3. The third-order valence-corrected chi connectivity index (χ3v) is 5.48. The number of nitrogens with one attached hydrogen (secondary N) is 3. The third-order valence-electron chi connectivity index (χ3n) is 5.04. The number of carbonyl (C=O) groups is 1. The molecule has 1 saturated heterocycles. The van der Waals surface area contributed by atoms with Crippen LogP contribution in [0.15, 0.2) is 36.8 Å². The summed E-state index contributed by atoms with van der Waals surface area (Å²) in [4.78, 5) is 26.8. The lowest BCUT2D eigenvalue weighted by Gasteiger charge is -2.34. The van der Waals surface area contributed by atoms with Crippen molar-refractivity contribution in [2.45, 2.75) is 31.8 Å². The number of hydrogen-bond donors (Lipinski definition) is 3. The van der Waals surface area contributed by atoms with Gasteiger partial charge in [-0.2, -0.15) is 0 Å². The molecular formula is C20H22Cl2N6O. The molecule has 2 atom stereocenters. The Hall–Kier alpha value is -2.51. The molecule has 1 aliphatic heterocycles. The number of fused-ring (bicyclic) bond motifs is 1. The van der Waals surface area contributed by atoms with Gasteiger partial charge in [-0.1, -0.05) is 23.2 Å². The second kappa shape index (κ2) is 8.47. The maximum Gasteiger partial charge on any atom is 0.242 e. The van der Waals surface area contributed by atoms with Crippen molar-refractivity contribution < 1.29 is 4.79 Å². The molecule has 3 aromatic rings. The van der Waals surface area contributed by atoms with Crippen molar-refractivity contribution in [3.05, 3.63) is 46.8 Å². The fourth-order valence-electron chi connectivity index (χ4n) is 3.68. The minimum Gasteiger partial charge on any atom is -0.374 e. The van der Waals surface area contributed by atoms with Gasteiger partial charge in [0.25, 0.3) is 0 Å². The van der Waals surface area contributed by atoms with Gasteiger partial charge in [0.2, 0.25) is 5.91 Å². The lowest BCUT2D eigenvalue weighted by Crippen LogP contribution is -2.51. The normalized spacial score (nSPS) is 17.9. The van der Waals surface area contributed by atoms with Crippen molar-refractivity contribution >= 4 is 51.6 Å². The summed E-state index contributed by atoms with van der Waals surface area (Å²) >= 11 is 12.1. The van der Waals surface area contributed by atoms with Crippen LogP contribution >= 0.6 is 23.2 Å². The number of amides is 1. The predicted octanol–water partition coefficient (Wildman–Crippen LogP) is 3.85. The molecule has 4 rings (SSSR count). The SMILES string of the molecule is C[C@H](Nc1cc(Cl)cc(Cl)c1)C(=O)N[C@@H]1CCCN(c2ncnc3[nH]ccc23)C1. The molecule has 3 heterocycles. The van der Waals surface area contributed by atoms with E-state index >= 15 is 0 Å². The predicted molar refractivity (Wildman–Crippen MR) is 117 cm³/mol. The second-order valence-corrected chi connectivity index (χ2v) is 8.13. The molecular weight excluding hydrogens is 411 g/mol. The summed E-state index contributed by atoms with van der Waals surface area (Å²) in [6, 6.07) is 6.76. The number of halogens is 2. The molecule has 0 radical (unpaired) electrons. The van der Waals surface area contributed by atoms with Crippen molar-refractivity contribution in [2.75, 3.05) is 23.3 Å². The van der Waals surface area contributed by atoms with Crippen LogP contribution in [0, 0.1) is 0 Å². The van der Waals surface area contributed by atoms with E-state index in [4.69, 9.17) is 23.2 Å². The van der Waals surface area contributed by atoms with Crippen molar-refractivity contribution in [2.24, 2.45) is 0 Å². The number of H-pyrrole nitrogens is 1. The van der Waals surface area contributed by atoms with Crippen molar-refractivity contribution in [3.63, 3.8) is 0 Å². The number of carbonyl (C=O) groups excluding carboxylic acids is 1. The number of aromatic amines is 1. The Morgan fingerprint density at radius 2 is 2.07 bits per heavy atom. The average molecular weight is 433 g/mol. The Kier molecular flexibility index (Phi) is 5.78. The molecule has 3 N–H and O–H groups in total. The molecule has 0 unspecified atom stereocenters. The zero-order valence-corrected chi connectivity index (χ0v) is 17.5. The van der Waals surface area contributed by atoms with Gasteiger partial charge in [-0.3, -0.25) is 4.79 Å². The Balaban J connectivity index is 1.40. The minimum atomic E-state index is -0.421. The van der Waals surface area contributed by atoms with Gasteiger partial charge in [-0.25, -0.2) is 9.97 Å². The average Bonchev–Trinajstić information content (AvgIpc) is 3.16. The van der Waals surface area contributed by atoms with Crippen LogP contribution in [0.4, 0.5) is 11.5 Å². The van der Waals surface area contributed by atoms with E-state index in [1.807, 2.05) is 19.2 Å². The van der Waals surface area contributed by atoms with Gasteiger partial charge >= 0.3 is 0 Å². The maximum atomic E-state index is 12.7. The largest absolute Gasteiger partial charge is 0.374 e. The van der Waals surface area contributed by atoms with Crippen LogP contribution in [-0.4, -0.2) is 46.0 Å². The van der Waals surface area contributed by atoms with E-state index in [9.17, 15) is 4.79 Å². The summed E-state index contributed by atoms with van der Waals surface area (Å²) in [5.74, 6) is 0.831. The standard InChI is InChI=1S/C20H22Cl2N6O/c1-12(26-16-8-13(21)7-14(22)9-16)20(29)27-15-3-2-6-28(10-15)19-17-4-5-23-18(17)24-11-25-19/h4-5,7-9,11-12,15,26H,2-3,6,10H2,1H3,(H,27,29)(H,23,24,25)/t12-,15+/m0/s1. The van der Waals surface area contributed by atoms with Gasteiger partial charge < -0.3 is 20.5 Å². The smallest absolute Gasteiger partial charge is 0.242 e. The van der Waals surface area contributed by atoms with Gasteiger partial charge in [0.05, 0.1) is 5.39 Å². The monoisotopic (exact) mass is 432 g/mol. The van der Waals surface area contributed by atoms with Crippen LogP contribution in [0.5, 0.6) is 0 Å². The Labute approximate surface area is 178 Å². The second-order valence-electron chi connectivity index (χ2n) is 7.26. The fraction of sp³-hybridized carbons (Fsp3) is 0.350. The number of rotatable bonds is 5. The van der Waals surface area contributed by atoms with E-state index in [1.54, 1.807) is 24.5 Å². The van der Waals surface area contributed by atoms with Crippen LogP contribution in [0.25, 0.3) is 11.0 Å². The number of nitrogens with zero attached hydrogens (tertiary/aromatic N) is 3. The van der Waals surface area contributed by atoms with Crippen LogP contribution in [0.3, 0.4) is 0 Å². The van der Waals surface area contributed by atoms with Crippen molar-refractivity contribution in [1.82, 2.24) is 20.3 Å². The number of hydrogen-bond acceptors (Lipinski definition) is 5. The number of anilines is 2. The van der Waals surface area contributed by atoms with E-state index < -0.39 is 6.04 Å². The highest BCUT2D eigenvalue weighted by molar-refractivity contribution is 6.35. The van der Waals surface area contributed by atoms with E-state index in [2.05, 4.69) is 30.5 Å². The molecule has 1 aromatic carbocycles. The van der Waals surface area contributed by atoms with Crippen LogP contribution in [0.1, 0.15) is 19.8 Å². The van der Waals surface area contributed by atoms with E-state index in [0.717, 1.165) is 36.2 Å². The van der Waals surface area contributed by atoms with Gasteiger partial charge in [0.1, 0.15) is 23.8 Å². The summed E-state index contributed by atoms with van der Waals surface area (Å²) in [5, 5.41) is 8.35. The van der Waals surface area contributed by atoms with Crippen LogP contribution < -0.4 is 15.5 Å². The molecule has 2 aromatic heterocycles. The van der Waals surface area contributed by atoms with Gasteiger partial charge in [-0.15, -0.1) is 0 Å². The molecule has 9 heteroatoms. The highest BCUT2D eigenvalue weighted by atomic mass is 35.5. The van der Waals surface area contributed by atoms with Gasteiger partial charge in [0, 0.05) is 41.1 Å². The van der Waals surface area contributed by atoms with E-state index in [0.29, 0.717) is 22.3 Å². The van der Waals surface area contributed by atoms with Crippen LogP contribution in [-0.2, 0) is 4.79 Å². The van der Waals surface area contributed by atoms with Crippen LogP contribution in [0.2, 0.25) is 10.0 Å². The Bertz CT molecular complexity index is 1000. The minimum absolute atomic E-state index is 0.0485. The molecule has 0 saturated carbocycles. The highest BCUT2D eigenvalue weighted by Gasteiger charge is 2.25. The number of aromatic nitrogens is 3. The molecule has 29 heavy (non-hydrogen) atoms. The quantitative estimate of drug-likeness (QED) is 0.569. The Morgan fingerprint density at radius 3 is 2.86 bits per heavy atom. The molecule has 152 valence electrons. The van der Waals surface area contributed by atoms with Crippen molar-refractivity contribution in [3.8, 4) is 0 Å². The number of benzene rings is 1. The summed E-state index contributed by atoms with van der Waals surface area (Å²) in [6.07, 6.45) is 5.34. The first-order valence-electron chi connectivity index (χ1n) is 9.55. The van der Waals surface area contributed by atoms with Gasteiger partial charge in [-0.05, 0) is 44.0 Å². The zero-order chi connectivity index (χ0) is 20.4. The fourth-order valence-corrected chi connectivity index (χ4v) is 4.20. The lowest BCUT2D eigenvalue weighted by molar-refractivity contribution is -0.122. The van der Waals surface area contributed by atoms with E-state index in [-0.39, 0.29) is 11.9 Å². The molecule has 1 fully saturated rings. The first kappa shape index (κ1) is 19.8. The maximum absolute atomic E-state index is 12.7. The molecule has 0 spiro atoms. The number of piperidine rings is 1. The topological polar surface area (TPSA) is 85.9 Å². The summed E-state index contributed by atoms with van der Waals surface area (Å²) < 4.78 is 0. The van der Waals surface area contributed by atoms with E-state index in [1.165, 1.54) is 0 Å². The Morgan fingerprint density at radius 1 is 1.28 bits per heavy atom. The lowest BCUT2D eigenvalue weighted by atomic mass is 10.0. The summed E-state index contributed by atoms with van der Waals surface area (Å²) in [6.45, 7) is 3.43. The van der Waals surface area contributed by atoms with Crippen molar-refractivity contribution in [1.29, 1.82) is 0 Å². The zero-order valence-electron chi connectivity index (χ0n) is 16.0. The first-order chi connectivity index (χ1) is 14.0. The third kappa shape index (κ3) is 4.57. The molecule has 1 amide bonds. The van der Waals surface area contributed by atoms with Gasteiger partial charge in [0.15, 0.2) is 0 Å².